The van der Waals surface area contributed by atoms with Crippen molar-refractivity contribution in [2.45, 2.75) is 32.2 Å². The lowest BCUT2D eigenvalue weighted by molar-refractivity contribution is -0.127. The average Bonchev–Trinajstić information content (AvgIpc) is 2.85. The summed E-state index contributed by atoms with van der Waals surface area (Å²) in [6.07, 6.45) is 1.68. The van der Waals surface area contributed by atoms with Crippen LogP contribution in [0.2, 0.25) is 0 Å². The van der Waals surface area contributed by atoms with E-state index < -0.39 is 0 Å². The lowest BCUT2D eigenvalue weighted by Gasteiger charge is -2.17. The third kappa shape index (κ3) is 4.21. The van der Waals surface area contributed by atoms with Crippen molar-refractivity contribution in [3.8, 4) is 5.75 Å². The van der Waals surface area contributed by atoms with Gasteiger partial charge < -0.3 is 15.0 Å². The zero-order valence-corrected chi connectivity index (χ0v) is 12.6. The SMILES string of the molecule is CCC(=O)N[C@H]1CC(=O)N(CCc2ccc(OC)cc2)C1. The van der Waals surface area contributed by atoms with Crippen LogP contribution in [-0.2, 0) is 16.0 Å². The molecule has 2 rings (SSSR count). The first-order valence-electron chi connectivity index (χ1n) is 7.32. The number of likely N-dealkylation sites (tertiary alicyclic amines) is 1. The van der Waals surface area contributed by atoms with E-state index >= 15 is 0 Å². The Labute approximate surface area is 125 Å². The van der Waals surface area contributed by atoms with Crippen LogP contribution >= 0.6 is 0 Å². The molecule has 2 amide bonds. The second-order valence-electron chi connectivity index (χ2n) is 5.26. The molecule has 1 aromatic carbocycles. The van der Waals surface area contributed by atoms with E-state index in [-0.39, 0.29) is 17.9 Å². The number of rotatable bonds is 6. The van der Waals surface area contributed by atoms with E-state index in [1.807, 2.05) is 36.1 Å². The summed E-state index contributed by atoms with van der Waals surface area (Å²) in [6, 6.07) is 7.82. The molecule has 0 aliphatic carbocycles. The summed E-state index contributed by atoms with van der Waals surface area (Å²) in [5.74, 6) is 0.952. The second-order valence-corrected chi connectivity index (χ2v) is 5.26. The van der Waals surface area contributed by atoms with Crippen molar-refractivity contribution < 1.29 is 14.3 Å². The molecule has 1 aliphatic heterocycles. The summed E-state index contributed by atoms with van der Waals surface area (Å²) in [6.45, 7) is 3.11. The van der Waals surface area contributed by atoms with Gasteiger partial charge in [-0.1, -0.05) is 19.1 Å². The van der Waals surface area contributed by atoms with E-state index in [1.165, 1.54) is 5.56 Å². The number of hydrogen-bond acceptors (Lipinski definition) is 3. The fourth-order valence-corrected chi connectivity index (χ4v) is 2.47. The molecule has 1 fully saturated rings. The third-order valence-electron chi connectivity index (χ3n) is 3.73. The van der Waals surface area contributed by atoms with E-state index in [9.17, 15) is 9.59 Å². The number of nitrogens with one attached hydrogen (secondary N) is 1. The van der Waals surface area contributed by atoms with Crippen LogP contribution in [0, 0.1) is 0 Å². The van der Waals surface area contributed by atoms with Crippen LogP contribution in [0.15, 0.2) is 24.3 Å². The molecule has 1 aliphatic rings. The number of methoxy groups -OCH3 is 1. The van der Waals surface area contributed by atoms with Crippen molar-refractivity contribution in [2.75, 3.05) is 20.2 Å². The molecule has 0 aromatic heterocycles. The molecule has 0 saturated carbocycles. The highest BCUT2D eigenvalue weighted by atomic mass is 16.5. The number of carbonyl (C=O) groups is 2. The molecule has 1 N–H and O–H groups in total. The predicted octanol–water partition coefficient (Wildman–Crippen LogP) is 1.36. The molecule has 5 nitrogen and oxygen atoms in total. The number of benzene rings is 1. The van der Waals surface area contributed by atoms with Gasteiger partial charge in [-0.05, 0) is 24.1 Å². The highest BCUT2D eigenvalue weighted by molar-refractivity contribution is 5.82. The van der Waals surface area contributed by atoms with Gasteiger partial charge in [-0.2, -0.15) is 0 Å². The van der Waals surface area contributed by atoms with Gasteiger partial charge in [-0.3, -0.25) is 9.59 Å². The Bertz CT molecular complexity index is 499. The first-order valence-corrected chi connectivity index (χ1v) is 7.32. The summed E-state index contributed by atoms with van der Waals surface area (Å²) < 4.78 is 5.12. The van der Waals surface area contributed by atoms with Gasteiger partial charge in [0.1, 0.15) is 5.75 Å². The first-order chi connectivity index (χ1) is 10.1. The molecule has 0 bridgehead atoms. The fourth-order valence-electron chi connectivity index (χ4n) is 2.47. The van der Waals surface area contributed by atoms with Crippen molar-refractivity contribution >= 4 is 11.8 Å². The smallest absolute Gasteiger partial charge is 0.224 e. The predicted molar refractivity (Wildman–Crippen MR) is 80.1 cm³/mol. The van der Waals surface area contributed by atoms with E-state index in [2.05, 4.69) is 5.32 Å². The fraction of sp³-hybridized carbons (Fsp3) is 0.500. The van der Waals surface area contributed by atoms with Crippen molar-refractivity contribution in [3.05, 3.63) is 29.8 Å². The van der Waals surface area contributed by atoms with Crippen LogP contribution in [0.3, 0.4) is 0 Å². The van der Waals surface area contributed by atoms with E-state index in [0.717, 1.165) is 12.2 Å². The number of hydrogen-bond donors (Lipinski definition) is 1. The van der Waals surface area contributed by atoms with Gasteiger partial charge in [0, 0.05) is 25.9 Å². The van der Waals surface area contributed by atoms with Gasteiger partial charge >= 0.3 is 0 Å². The molecular formula is C16H22N2O3. The van der Waals surface area contributed by atoms with Crippen molar-refractivity contribution in [1.82, 2.24) is 10.2 Å². The van der Waals surface area contributed by atoms with Gasteiger partial charge in [0.05, 0.1) is 13.2 Å². The molecule has 1 atom stereocenters. The van der Waals surface area contributed by atoms with Crippen LogP contribution in [0.5, 0.6) is 5.75 Å². The van der Waals surface area contributed by atoms with Gasteiger partial charge in [0.15, 0.2) is 0 Å². The molecule has 1 aromatic rings. The van der Waals surface area contributed by atoms with Crippen molar-refractivity contribution in [3.63, 3.8) is 0 Å². The largest absolute Gasteiger partial charge is 0.497 e. The zero-order chi connectivity index (χ0) is 15.2. The minimum Gasteiger partial charge on any atom is -0.497 e. The molecule has 5 heteroatoms. The Kier molecular flexibility index (Phi) is 5.20. The maximum Gasteiger partial charge on any atom is 0.224 e. The summed E-state index contributed by atoms with van der Waals surface area (Å²) in [7, 11) is 1.64. The maximum atomic E-state index is 11.9. The Hall–Kier alpha value is -2.04. The number of ether oxygens (including phenoxy) is 1. The lowest BCUT2D eigenvalue weighted by atomic mass is 10.1. The summed E-state index contributed by atoms with van der Waals surface area (Å²) in [5, 5.41) is 2.88. The minimum atomic E-state index is -0.0409. The van der Waals surface area contributed by atoms with E-state index in [1.54, 1.807) is 7.11 Å². The van der Waals surface area contributed by atoms with Gasteiger partial charge in [-0.25, -0.2) is 0 Å². The number of nitrogens with zero attached hydrogens (tertiary/aromatic N) is 1. The Morgan fingerprint density at radius 1 is 1.38 bits per heavy atom. The van der Waals surface area contributed by atoms with E-state index in [4.69, 9.17) is 4.74 Å². The Balaban J connectivity index is 1.82. The summed E-state index contributed by atoms with van der Waals surface area (Å²) >= 11 is 0. The molecule has 21 heavy (non-hydrogen) atoms. The summed E-state index contributed by atoms with van der Waals surface area (Å²) in [4.78, 5) is 25.1. The van der Waals surface area contributed by atoms with Gasteiger partial charge in [0.25, 0.3) is 0 Å². The van der Waals surface area contributed by atoms with Crippen LogP contribution in [-0.4, -0.2) is 43.0 Å². The maximum absolute atomic E-state index is 11.9. The van der Waals surface area contributed by atoms with Crippen LogP contribution in [0.1, 0.15) is 25.3 Å². The molecule has 114 valence electrons. The number of amides is 2. The molecule has 0 radical (unpaired) electrons. The molecule has 1 heterocycles. The zero-order valence-electron chi connectivity index (χ0n) is 12.6. The molecule has 1 saturated heterocycles. The number of carbonyl (C=O) groups excluding carboxylic acids is 2. The highest BCUT2D eigenvalue weighted by Gasteiger charge is 2.29. The lowest BCUT2D eigenvalue weighted by Crippen LogP contribution is -2.37. The normalized spacial score (nSPS) is 17.9. The van der Waals surface area contributed by atoms with Crippen molar-refractivity contribution in [1.29, 1.82) is 0 Å². The third-order valence-corrected chi connectivity index (χ3v) is 3.73. The van der Waals surface area contributed by atoms with E-state index in [0.29, 0.717) is 25.9 Å². The van der Waals surface area contributed by atoms with Gasteiger partial charge in [-0.15, -0.1) is 0 Å². The molecular weight excluding hydrogens is 268 g/mol. The minimum absolute atomic E-state index is 0.00445. The Morgan fingerprint density at radius 3 is 2.71 bits per heavy atom. The van der Waals surface area contributed by atoms with Crippen LogP contribution in [0.25, 0.3) is 0 Å². The monoisotopic (exact) mass is 290 g/mol. The quantitative estimate of drug-likeness (QED) is 0.860. The topological polar surface area (TPSA) is 58.6 Å². The van der Waals surface area contributed by atoms with Crippen molar-refractivity contribution in [2.24, 2.45) is 0 Å². The first kappa shape index (κ1) is 15.4. The second kappa shape index (κ2) is 7.11. The summed E-state index contributed by atoms with van der Waals surface area (Å²) in [5.41, 5.74) is 1.17. The van der Waals surface area contributed by atoms with Crippen LogP contribution < -0.4 is 10.1 Å². The van der Waals surface area contributed by atoms with Gasteiger partial charge in [0.2, 0.25) is 11.8 Å². The molecule has 0 spiro atoms. The average molecular weight is 290 g/mol. The Morgan fingerprint density at radius 2 is 2.10 bits per heavy atom. The molecule has 0 unspecified atom stereocenters. The van der Waals surface area contributed by atoms with Crippen LogP contribution in [0.4, 0.5) is 0 Å². The standard InChI is InChI=1S/C16H22N2O3/c1-3-15(19)17-13-10-16(20)18(11-13)9-8-12-4-6-14(21-2)7-5-12/h4-7,13H,3,8-11H2,1-2H3,(H,17,19)/t13-/m0/s1. The highest BCUT2D eigenvalue weighted by Crippen LogP contribution is 2.15.